The van der Waals surface area contributed by atoms with Crippen LogP contribution in [-0.2, 0) is 14.3 Å². The molecule has 1 unspecified atom stereocenters. The van der Waals surface area contributed by atoms with Crippen LogP contribution in [0.5, 0.6) is 0 Å². The smallest absolute Gasteiger partial charge is 0.220 e. The normalized spacial score (nSPS) is 24.6. The maximum absolute atomic E-state index is 11.4. The fourth-order valence-electron chi connectivity index (χ4n) is 1.83. The Labute approximate surface area is 102 Å². The topological polar surface area (TPSA) is 59.6 Å². The molecule has 0 radical (unpaired) electrons. The van der Waals surface area contributed by atoms with Gasteiger partial charge in [0.1, 0.15) is 6.79 Å². The molecular weight excluding hydrogens is 220 g/mol. The summed E-state index contributed by atoms with van der Waals surface area (Å²) in [5.41, 5.74) is 0. The lowest BCUT2D eigenvalue weighted by molar-refractivity contribution is -0.137. The largest absolute Gasteiger partial charge is 0.355 e. The summed E-state index contributed by atoms with van der Waals surface area (Å²) in [6.45, 7) is 2.93. The summed E-state index contributed by atoms with van der Waals surface area (Å²) >= 11 is 0. The molecule has 1 saturated heterocycles. The van der Waals surface area contributed by atoms with Crippen LogP contribution in [0.15, 0.2) is 0 Å². The van der Waals surface area contributed by atoms with E-state index in [1.165, 1.54) is 0 Å². The molecule has 0 spiro atoms. The van der Waals surface area contributed by atoms with Crippen LogP contribution in [0.1, 0.15) is 32.1 Å². The minimum absolute atomic E-state index is 0.191. The summed E-state index contributed by atoms with van der Waals surface area (Å²) in [4.78, 5) is 11.4. The van der Waals surface area contributed by atoms with E-state index < -0.39 is 0 Å². The first-order valence-electron chi connectivity index (χ1n) is 6.54. The van der Waals surface area contributed by atoms with E-state index in [2.05, 4.69) is 10.6 Å². The maximum atomic E-state index is 11.4. The molecule has 98 valence electrons. The molecule has 1 aliphatic heterocycles. The fraction of sp³-hybridized carbons (Fsp3) is 0.917. The molecule has 1 atom stereocenters. The second kappa shape index (κ2) is 6.93. The highest BCUT2D eigenvalue weighted by Crippen LogP contribution is 2.18. The van der Waals surface area contributed by atoms with Gasteiger partial charge >= 0.3 is 0 Å². The molecule has 5 nitrogen and oxygen atoms in total. The first kappa shape index (κ1) is 12.8. The second-order valence-corrected chi connectivity index (χ2v) is 4.75. The molecular formula is C12H22N2O3. The van der Waals surface area contributed by atoms with E-state index in [0.717, 1.165) is 45.4 Å². The number of rotatable bonds is 7. The summed E-state index contributed by atoms with van der Waals surface area (Å²) in [6.07, 6.45) is 5.05. The standard InChI is InChI=1S/C12H22N2O3/c15-12(14-10-3-4-10)2-1-6-13-8-11-5-7-16-9-17-11/h10-11,13H,1-9H2,(H,14,15). The van der Waals surface area contributed by atoms with Crippen molar-refractivity contribution in [1.82, 2.24) is 10.6 Å². The minimum atomic E-state index is 0.191. The van der Waals surface area contributed by atoms with Crippen LogP contribution in [0.3, 0.4) is 0 Å². The zero-order chi connectivity index (χ0) is 11.9. The second-order valence-electron chi connectivity index (χ2n) is 4.75. The molecule has 0 aromatic carbocycles. The Morgan fingerprint density at radius 2 is 2.18 bits per heavy atom. The lowest BCUT2D eigenvalue weighted by Gasteiger charge is -2.22. The number of carbonyl (C=O) groups excluding carboxylic acids is 1. The van der Waals surface area contributed by atoms with Crippen molar-refractivity contribution >= 4 is 5.91 Å². The van der Waals surface area contributed by atoms with E-state index in [1.54, 1.807) is 0 Å². The molecule has 2 N–H and O–H groups in total. The Morgan fingerprint density at radius 3 is 2.88 bits per heavy atom. The van der Waals surface area contributed by atoms with Crippen LogP contribution >= 0.6 is 0 Å². The summed E-state index contributed by atoms with van der Waals surface area (Å²) in [5.74, 6) is 0.191. The van der Waals surface area contributed by atoms with Crippen molar-refractivity contribution in [2.24, 2.45) is 0 Å². The van der Waals surface area contributed by atoms with Gasteiger partial charge in [-0.2, -0.15) is 0 Å². The van der Waals surface area contributed by atoms with Crippen molar-refractivity contribution in [3.8, 4) is 0 Å². The zero-order valence-corrected chi connectivity index (χ0v) is 10.2. The van der Waals surface area contributed by atoms with E-state index >= 15 is 0 Å². The van der Waals surface area contributed by atoms with Gasteiger partial charge in [-0.1, -0.05) is 0 Å². The van der Waals surface area contributed by atoms with Crippen LogP contribution in [0.2, 0.25) is 0 Å². The summed E-state index contributed by atoms with van der Waals surface area (Å²) in [5, 5.41) is 6.31. The highest BCUT2D eigenvalue weighted by Gasteiger charge is 2.22. The molecule has 1 amide bonds. The molecule has 2 fully saturated rings. The van der Waals surface area contributed by atoms with Crippen LogP contribution in [0.25, 0.3) is 0 Å². The average Bonchev–Trinajstić information content (AvgIpc) is 3.14. The molecule has 5 heteroatoms. The van der Waals surface area contributed by atoms with Gasteiger partial charge in [0.25, 0.3) is 0 Å². The first-order valence-corrected chi connectivity index (χ1v) is 6.54. The molecule has 1 heterocycles. The van der Waals surface area contributed by atoms with Gasteiger partial charge in [-0.05, 0) is 32.2 Å². The SMILES string of the molecule is O=C(CCCNCC1CCOCO1)NC1CC1. The van der Waals surface area contributed by atoms with Crippen molar-refractivity contribution in [3.63, 3.8) is 0 Å². The lowest BCUT2D eigenvalue weighted by Crippen LogP contribution is -2.34. The van der Waals surface area contributed by atoms with E-state index in [1.807, 2.05) is 0 Å². The van der Waals surface area contributed by atoms with Crippen molar-refractivity contribution in [2.75, 3.05) is 26.5 Å². The van der Waals surface area contributed by atoms with Gasteiger partial charge in [0.05, 0.1) is 12.7 Å². The fourth-order valence-corrected chi connectivity index (χ4v) is 1.83. The third-order valence-electron chi connectivity index (χ3n) is 3.04. The number of hydrogen-bond acceptors (Lipinski definition) is 4. The molecule has 0 aromatic heterocycles. The number of ether oxygens (including phenoxy) is 2. The number of carbonyl (C=O) groups is 1. The average molecular weight is 242 g/mol. The number of nitrogens with one attached hydrogen (secondary N) is 2. The summed E-state index contributed by atoms with van der Waals surface area (Å²) in [7, 11) is 0. The van der Waals surface area contributed by atoms with Gasteiger partial charge < -0.3 is 20.1 Å². The quantitative estimate of drug-likeness (QED) is 0.634. The first-order chi connectivity index (χ1) is 8.34. The highest BCUT2D eigenvalue weighted by atomic mass is 16.7. The Balaban J connectivity index is 1.41. The molecule has 17 heavy (non-hydrogen) atoms. The molecule has 1 aliphatic carbocycles. The Kier molecular flexibility index (Phi) is 5.22. The van der Waals surface area contributed by atoms with Crippen LogP contribution in [0, 0.1) is 0 Å². The summed E-state index contributed by atoms with van der Waals surface area (Å²) < 4.78 is 10.5. The van der Waals surface area contributed by atoms with Gasteiger partial charge in [0.15, 0.2) is 0 Å². The van der Waals surface area contributed by atoms with Gasteiger partial charge in [0, 0.05) is 19.0 Å². The van der Waals surface area contributed by atoms with E-state index in [4.69, 9.17) is 9.47 Å². The molecule has 0 bridgehead atoms. The van der Waals surface area contributed by atoms with E-state index in [-0.39, 0.29) is 12.0 Å². The Hall–Kier alpha value is -0.650. The van der Waals surface area contributed by atoms with Crippen LogP contribution in [-0.4, -0.2) is 44.5 Å². The van der Waals surface area contributed by atoms with Crippen molar-refractivity contribution in [2.45, 2.75) is 44.2 Å². The predicted molar refractivity (Wildman–Crippen MR) is 63.6 cm³/mol. The monoisotopic (exact) mass is 242 g/mol. The van der Waals surface area contributed by atoms with Gasteiger partial charge in [0.2, 0.25) is 5.91 Å². The predicted octanol–water partition coefficient (Wildman–Crippen LogP) is 0.398. The van der Waals surface area contributed by atoms with Crippen molar-refractivity contribution in [3.05, 3.63) is 0 Å². The van der Waals surface area contributed by atoms with Gasteiger partial charge in [-0.25, -0.2) is 0 Å². The van der Waals surface area contributed by atoms with Gasteiger partial charge in [-0.15, -0.1) is 0 Å². The van der Waals surface area contributed by atoms with Crippen LogP contribution < -0.4 is 10.6 Å². The van der Waals surface area contributed by atoms with E-state index in [0.29, 0.717) is 19.3 Å². The molecule has 1 saturated carbocycles. The maximum Gasteiger partial charge on any atom is 0.220 e. The Morgan fingerprint density at radius 1 is 1.29 bits per heavy atom. The Bertz CT molecular complexity index is 238. The zero-order valence-electron chi connectivity index (χ0n) is 10.2. The third-order valence-corrected chi connectivity index (χ3v) is 3.04. The van der Waals surface area contributed by atoms with Gasteiger partial charge in [-0.3, -0.25) is 4.79 Å². The third kappa shape index (κ3) is 5.48. The van der Waals surface area contributed by atoms with Crippen LogP contribution in [0.4, 0.5) is 0 Å². The minimum Gasteiger partial charge on any atom is -0.355 e. The molecule has 2 aliphatic rings. The molecule has 2 rings (SSSR count). The van der Waals surface area contributed by atoms with Crippen molar-refractivity contribution < 1.29 is 14.3 Å². The van der Waals surface area contributed by atoms with E-state index in [9.17, 15) is 4.79 Å². The lowest BCUT2D eigenvalue weighted by atomic mass is 10.2. The number of hydrogen-bond donors (Lipinski definition) is 2. The number of amides is 1. The molecule has 0 aromatic rings. The summed E-state index contributed by atoms with van der Waals surface area (Å²) in [6, 6.07) is 0.478. The van der Waals surface area contributed by atoms with Crippen molar-refractivity contribution in [1.29, 1.82) is 0 Å². The highest BCUT2D eigenvalue weighted by molar-refractivity contribution is 5.76.